The molecule has 2 rings (SSSR count). The Labute approximate surface area is 174 Å². The first-order chi connectivity index (χ1) is 14.0. The number of ether oxygens (including phenoxy) is 1. The lowest BCUT2D eigenvalue weighted by atomic mass is 10.0. The number of rotatable bonds is 10. The van der Waals surface area contributed by atoms with Crippen LogP contribution >= 0.6 is 0 Å². The van der Waals surface area contributed by atoms with Crippen molar-refractivity contribution in [2.24, 2.45) is 0 Å². The van der Waals surface area contributed by atoms with E-state index < -0.39 is 0 Å². The maximum atomic E-state index is 12.4. The predicted octanol–water partition coefficient (Wildman–Crippen LogP) is 5.79. The minimum absolute atomic E-state index is 0.0977. The largest absolute Gasteiger partial charge is 0.427 e. The van der Waals surface area contributed by atoms with Crippen molar-refractivity contribution in [3.63, 3.8) is 0 Å². The number of nitrogens with zero attached hydrogens (tertiary/aromatic N) is 1. The van der Waals surface area contributed by atoms with Gasteiger partial charge in [-0.05, 0) is 41.8 Å². The summed E-state index contributed by atoms with van der Waals surface area (Å²) in [4.78, 5) is 25.4. The summed E-state index contributed by atoms with van der Waals surface area (Å²) in [6.07, 6.45) is 6.20. The van der Waals surface area contributed by atoms with Gasteiger partial charge in [-0.3, -0.25) is 9.69 Å². The van der Waals surface area contributed by atoms with E-state index in [1.54, 1.807) is 31.0 Å². The molecule has 2 aromatic carbocycles. The number of hydrogen-bond acceptors (Lipinski definition) is 3. The molecule has 0 fully saturated rings. The SMILES string of the molecule is CCCCCCCNC(=O)N(C)c1cccc(-c2ccc(OC(=O)CC)cc2)c1. The Morgan fingerprint density at radius 2 is 1.66 bits per heavy atom. The third-order valence-electron chi connectivity index (χ3n) is 4.80. The molecule has 2 aromatic rings. The van der Waals surface area contributed by atoms with Crippen molar-refractivity contribution >= 4 is 17.7 Å². The van der Waals surface area contributed by atoms with Crippen LogP contribution in [0.1, 0.15) is 52.4 Å². The molecule has 0 radical (unpaired) electrons. The minimum Gasteiger partial charge on any atom is -0.427 e. The van der Waals surface area contributed by atoms with Crippen LogP contribution < -0.4 is 15.0 Å². The number of amides is 2. The lowest BCUT2D eigenvalue weighted by molar-refractivity contribution is -0.134. The van der Waals surface area contributed by atoms with E-state index in [4.69, 9.17) is 4.74 Å². The van der Waals surface area contributed by atoms with Crippen LogP contribution in [0, 0.1) is 0 Å². The fourth-order valence-electron chi connectivity index (χ4n) is 2.97. The van der Waals surface area contributed by atoms with Gasteiger partial charge >= 0.3 is 12.0 Å². The summed E-state index contributed by atoms with van der Waals surface area (Å²) >= 11 is 0. The molecule has 0 unspecified atom stereocenters. The van der Waals surface area contributed by atoms with Crippen molar-refractivity contribution in [2.75, 3.05) is 18.5 Å². The van der Waals surface area contributed by atoms with Gasteiger partial charge < -0.3 is 10.1 Å². The van der Waals surface area contributed by atoms with E-state index in [-0.39, 0.29) is 12.0 Å². The van der Waals surface area contributed by atoms with Crippen molar-refractivity contribution < 1.29 is 14.3 Å². The highest BCUT2D eigenvalue weighted by molar-refractivity contribution is 5.92. The maximum Gasteiger partial charge on any atom is 0.321 e. The summed E-state index contributed by atoms with van der Waals surface area (Å²) in [5, 5.41) is 2.99. The number of benzene rings is 2. The molecule has 29 heavy (non-hydrogen) atoms. The van der Waals surface area contributed by atoms with E-state index in [9.17, 15) is 9.59 Å². The van der Waals surface area contributed by atoms with Gasteiger partial charge in [0, 0.05) is 25.7 Å². The number of nitrogens with one attached hydrogen (secondary N) is 1. The van der Waals surface area contributed by atoms with E-state index in [1.807, 2.05) is 36.4 Å². The zero-order valence-electron chi connectivity index (χ0n) is 17.7. The third-order valence-corrected chi connectivity index (χ3v) is 4.80. The molecule has 0 saturated carbocycles. The second-order valence-electron chi connectivity index (χ2n) is 7.11. The maximum absolute atomic E-state index is 12.4. The van der Waals surface area contributed by atoms with Gasteiger partial charge in [-0.15, -0.1) is 0 Å². The second-order valence-corrected chi connectivity index (χ2v) is 7.11. The Balaban J connectivity index is 1.95. The normalized spacial score (nSPS) is 10.4. The van der Waals surface area contributed by atoms with Crippen molar-refractivity contribution in [1.82, 2.24) is 5.32 Å². The Kier molecular flexibility index (Phi) is 9.22. The molecule has 5 heteroatoms. The molecule has 0 bridgehead atoms. The molecule has 0 spiro atoms. The molecule has 2 amide bonds. The van der Waals surface area contributed by atoms with E-state index in [2.05, 4.69) is 12.2 Å². The summed E-state index contributed by atoms with van der Waals surface area (Å²) in [5.41, 5.74) is 2.82. The molecule has 0 atom stereocenters. The number of esters is 1. The molecule has 0 aromatic heterocycles. The van der Waals surface area contributed by atoms with Crippen LogP contribution in [0.5, 0.6) is 5.75 Å². The summed E-state index contributed by atoms with van der Waals surface area (Å²) < 4.78 is 5.22. The van der Waals surface area contributed by atoms with Gasteiger partial charge in [-0.25, -0.2) is 4.79 Å². The van der Waals surface area contributed by atoms with E-state index in [0.29, 0.717) is 18.7 Å². The molecule has 0 heterocycles. The monoisotopic (exact) mass is 396 g/mol. The lowest BCUT2D eigenvalue weighted by Gasteiger charge is -2.19. The zero-order valence-corrected chi connectivity index (χ0v) is 17.7. The fraction of sp³-hybridized carbons (Fsp3) is 0.417. The topological polar surface area (TPSA) is 58.6 Å². The van der Waals surface area contributed by atoms with E-state index in [0.717, 1.165) is 29.7 Å². The number of hydrogen-bond donors (Lipinski definition) is 1. The van der Waals surface area contributed by atoms with Crippen LogP contribution in [-0.2, 0) is 4.79 Å². The van der Waals surface area contributed by atoms with Crippen molar-refractivity contribution in [3.8, 4) is 16.9 Å². The first kappa shape index (κ1) is 22.5. The van der Waals surface area contributed by atoms with Crippen molar-refractivity contribution in [3.05, 3.63) is 48.5 Å². The van der Waals surface area contributed by atoms with Gasteiger partial charge in [0.1, 0.15) is 5.75 Å². The highest BCUT2D eigenvalue weighted by Crippen LogP contribution is 2.26. The van der Waals surface area contributed by atoms with Crippen LogP contribution in [0.2, 0.25) is 0 Å². The minimum atomic E-state index is -0.252. The molecule has 0 saturated heterocycles. The Morgan fingerprint density at radius 3 is 2.34 bits per heavy atom. The van der Waals surface area contributed by atoms with Gasteiger partial charge in [0.25, 0.3) is 0 Å². The van der Waals surface area contributed by atoms with Crippen LogP contribution in [0.15, 0.2) is 48.5 Å². The average Bonchev–Trinajstić information content (AvgIpc) is 2.76. The summed E-state index contributed by atoms with van der Waals surface area (Å²) in [6, 6.07) is 15.1. The third kappa shape index (κ3) is 7.26. The average molecular weight is 397 g/mol. The highest BCUT2D eigenvalue weighted by Gasteiger charge is 2.11. The fourth-order valence-corrected chi connectivity index (χ4v) is 2.97. The quantitative estimate of drug-likeness (QED) is 0.314. The van der Waals surface area contributed by atoms with Crippen molar-refractivity contribution in [1.29, 1.82) is 0 Å². The lowest BCUT2D eigenvalue weighted by Crippen LogP contribution is -2.37. The Bertz CT molecular complexity index is 787. The first-order valence-corrected chi connectivity index (χ1v) is 10.5. The number of urea groups is 1. The smallest absolute Gasteiger partial charge is 0.321 e. The van der Waals surface area contributed by atoms with Gasteiger partial charge in [0.05, 0.1) is 0 Å². The molecule has 0 aliphatic rings. The zero-order chi connectivity index (χ0) is 21.1. The first-order valence-electron chi connectivity index (χ1n) is 10.5. The van der Waals surface area contributed by atoms with Crippen LogP contribution in [0.4, 0.5) is 10.5 Å². The van der Waals surface area contributed by atoms with Crippen LogP contribution in [-0.4, -0.2) is 25.6 Å². The van der Waals surface area contributed by atoms with E-state index >= 15 is 0 Å². The molecular weight excluding hydrogens is 364 g/mol. The molecule has 1 N–H and O–H groups in total. The Morgan fingerprint density at radius 1 is 0.931 bits per heavy atom. The highest BCUT2D eigenvalue weighted by atomic mass is 16.5. The number of carbonyl (C=O) groups is 2. The van der Waals surface area contributed by atoms with Gasteiger partial charge in [0.15, 0.2) is 0 Å². The summed E-state index contributed by atoms with van der Waals surface area (Å²) in [5.74, 6) is 0.282. The van der Waals surface area contributed by atoms with Crippen LogP contribution in [0.3, 0.4) is 0 Å². The Hall–Kier alpha value is -2.82. The van der Waals surface area contributed by atoms with Gasteiger partial charge in [-0.2, -0.15) is 0 Å². The number of unbranched alkanes of at least 4 members (excludes halogenated alkanes) is 4. The molecule has 0 aliphatic heterocycles. The molecule has 0 aliphatic carbocycles. The second kappa shape index (κ2) is 11.9. The molecule has 156 valence electrons. The molecule has 5 nitrogen and oxygen atoms in total. The summed E-state index contributed by atoms with van der Waals surface area (Å²) in [6.45, 7) is 4.66. The summed E-state index contributed by atoms with van der Waals surface area (Å²) in [7, 11) is 1.78. The van der Waals surface area contributed by atoms with Gasteiger partial charge in [0.2, 0.25) is 0 Å². The molecular formula is C24H32N2O3. The number of anilines is 1. The van der Waals surface area contributed by atoms with Gasteiger partial charge in [-0.1, -0.05) is 63.8 Å². The standard InChI is InChI=1S/C24H32N2O3/c1-4-6-7-8-9-17-25-24(28)26(3)21-12-10-11-20(18-21)19-13-15-22(16-14-19)29-23(27)5-2/h10-16,18H,4-9,17H2,1-3H3,(H,25,28). The van der Waals surface area contributed by atoms with E-state index in [1.165, 1.54) is 19.3 Å². The van der Waals surface area contributed by atoms with Crippen LogP contribution in [0.25, 0.3) is 11.1 Å². The van der Waals surface area contributed by atoms with Crippen molar-refractivity contribution in [2.45, 2.75) is 52.4 Å². The predicted molar refractivity (Wildman–Crippen MR) is 118 cm³/mol. The number of carbonyl (C=O) groups excluding carboxylic acids is 2.